The molecule has 1 amide bonds. The molecule has 0 radical (unpaired) electrons. The van der Waals surface area contributed by atoms with E-state index in [2.05, 4.69) is 15.6 Å². The van der Waals surface area contributed by atoms with E-state index in [0.29, 0.717) is 11.7 Å². The van der Waals surface area contributed by atoms with Crippen LogP contribution in [0.4, 0.5) is 14.6 Å². The van der Waals surface area contributed by atoms with Gasteiger partial charge in [-0.2, -0.15) is 0 Å². The second kappa shape index (κ2) is 6.62. The third kappa shape index (κ3) is 2.70. The topological polar surface area (TPSA) is 76.0 Å². The van der Waals surface area contributed by atoms with Gasteiger partial charge in [0.15, 0.2) is 5.65 Å². The quantitative estimate of drug-likeness (QED) is 0.692. The number of fused-ring (bicyclic) bond motifs is 2. The van der Waals surface area contributed by atoms with E-state index in [-0.39, 0.29) is 27.8 Å². The second-order valence-corrected chi connectivity index (χ2v) is 8.04. The van der Waals surface area contributed by atoms with Gasteiger partial charge in [-0.05, 0) is 55.9 Å². The number of hydrogen-bond acceptors (Lipinski definition) is 4. The maximum Gasteiger partial charge on any atom is 0.257 e. The van der Waals surface area contributed by atoms with Crippen LogP contribution in [0.15, 0.2) is 41.3 Å². The van der Waals surface area contributed by atoms with Crippen LogP contribution in [-0.4, -0.2) is 28.0 Å². The smallest absolute Gasteiger partial charge is 0.257 e. The highest BCUT2D eigenvalue weighted by atomic mass is 19.1. The number of nitrogens with zero attached hydrogens (tertiary/aromatic N) is 2. The van der Waals surface area contributed by atoms with Crippen LogP contribution in [0.5, 0.6) is 0 Å². The molecule has 0 saturated heterocycles. The lowest BCUT2D eigenvalue weighted by molar-refractivity contribution is -0.0153. The predicted molar refractivity (Wildman–Crippen MR) is 109 cm³/mol. The van der Waals surface area contributed by atoms with E-state index in [1.165, 1.54) is 16.8 Å². The number of carbonyl (C=O) groups is 1. The van der Waals surface area contributed by atoms with E-state index < -0.39 is 23.0 Å². The molecule has 2 fully saturated rings. The molecule has 0 bridgehead atoms. The molecule has 0 unspecified atom stereocenters. The Hall–Kier alpha value is -3.29. The van der Waals surface area contributed by atoms with Crippen molar-refractivity contribution in [2.24, 2.45) is 5.92 Å². The third-order valence-corrected chi connectivity index (χ3v) is 6.54. The fraction of sp³-hybridized carbons (Fsp3) is 0.318. The standard InChI is InChI=1S/C22H20F2N4O2/c1-25-18-5-3-14-19(29)15(21(30)27-22-8-6-12(22)7-9-22)11-28(20(14)26-18)17-4-2-13(23)10-16(17)24/h2-5,10-12H,6-9H2,1H3,(H,25,26)(H,27,30). The van der Waals surface area contributed by atoms with Gasteiger partial charge in [0.2, 0.25) is 5.43 Å². The fourth-order valence-corrected chi connectivity index (χ4v) is 4.55. The van der Waals surface area contributed by atoms with E-state index in [9.17, 15) is 18.4 Å². The van der Waals surface area contributed by atoms with Crippen molar-refractivity contribution in [1.29, 1.82) is 0 Å². The fourth-order valence-electron chi connectivity index (χ4n) is 4.55. The lowest BCUT2D eigenvalue weighted by Crippen LogP contribution is -2.66. The van der Waals surface area contributed by atoms with Crippen molar-refractivity contribution < 1.29 is 13.6 Å². The molecule has 2 heterocycles. The molecule has 5 rings (SSSR count). The molecule has 154 valence electrons. The van der Waals surface area contributed by atoms with Crippen LogP contribution in [0.25, 0.3) is 16.7 Å². The van der Waals surface area contributed by atoms with Crippen molar-refractivity contribution in [3.63, 3.8) is 0 Å². The van der Waals surface area contributed by atoms with Crippen LogP contribution in [0.3, 0.4) is 0 Å². The van der Waals surface area contributed by atoms with E-state index in [1.54, 1.807) is 19.2 Å². The van der Waals surface area contributed by atoms with Crippen LogP contribution in [-0.2, 0) is 0 Å². The number of hydrogen-bond donors (Lipinski definition) is 2. The first-order valence-corrected chi connectivity index (χ1v) is 9.94. The van der Waals surface area contributed by atoms with Gasteiger partial charge in [0.1, 0.15) is 23.0 Å². The first kappa shape index (κ1) is 18.7. The zero-order chi connectivity index (χ0) is 21.0. The van der Waals surface area contributed by atoms with Gasteiger partial charge in [-0.1, -0.05) is 0 Å². The third-order valence-electron chi connectivity index (χ3n) is 6.54. The minimum atomic E-state index is -0.820. The summed E-state index contributed by atoms with van der Waals surface area (Å²) in [5, 5.41) is 6.10. The van der Waals surface area contributed by atoms with E-state index in [4.69, 9.17) is 0 Å². The van der Waals surface area contributed by atoms with Crippen molar-refractivity contribution in [2.75, 3.05) is 12.4 Å². The molecule has 0 aliphatic heterocycles. The molecular weight excluding hydrogens is 390 g/mol. The molecule has 2 saturated carbocycles. The monoisotopic (exact) mass is 410 g/mol. The van der Waals surface area contributed by atoms with Gasteiger partial charge in [-0.3, -0.25) is 14.2 Å². The van der Waals surface area contributed by atoms with E-state index >= 15 is 0 Å². The Kier molecular flexibility index (Phi) is 4.13. The summed E-state index contributed by atoms with van der Waals surface area (Å²) in [7, 11) is 1.67. The van der Waals surface area contributed by atoms with Crippen molar-refractivity contribution in [2.45, 2.75) is 31.2 Å². The minimum Gasteiger partial charge on any atom is -0.373 e. The first-order chi connectivity index (χ1) is 14.4. The summed E-state index contributed by atoms with van der Waals surface area (Å²) in [5.74, 6) is -1.07. The molecule has 2 aromatic heterocycles. The molecule has 0 spiro atoms. The number of aromatic nitrogens is 2. The molecule has 1 aromatic carbocycles. The van der Waals surface area contributed by atoms with Crippen LogP contribution in [0.1, 0.15) is 36.0 Å². The van der Waals surface area contributed by atoms with Gasteiger partial charge in [-0.15, -0.1) is 0 Å². The highest BCUT2D eigenvalue weighted by Gasteiger charge is 2.54. The van der Waals surface area contributed by atoms with Crippen LogP contribution in [0, 0.1) is 17.6 Å². The maximum atomic E-state index is 14.6. The lowest BCUT2D eigenvalue weighted by atomic mass is 9.53. The highest BCUT2D eigenvalue weighted by molar-refractivity contribution is 5.98. The molecule has 3 aromatic rings. The van der Waals surface area contributed by atoms with Gasteiger partial charge in [0, 0.05) is 24.8 Å². The Morgan fingerprint density at radius 1 is 1.20 bits per heavy atom. The average Bonchev–Trinajstić information content (AvgIpc) is 2.73. The summed E-state index contributed by atoms with van der Waals surface area (Å²) in [6.07, 6.45) is 5.28. The molecular formula is C22H20F2N4O2. The van der Waals surface area contributed by atoms with Crippen molar-refractivity contribution in [3.8, 4) is 5.69 Å². The van der Waals surface area contributed by atoms with Crippen molar-refractivity contribution in [3.05, 3.63) is 63.9 Å². The number of nitrogens with one attached hydrogen (secondary N) is 2. The van der Waals surface area contributed by atoms with Gasteiger partial charge in [0.05, 0.1) is 11.1 Å². The molecule has 2 aliphatic rings. The summed E-state index contributed by atoms with van der Waals surface area (Å²) in [6, 6.07) is 6.31. The number of pyridine rings is 2. The maximum absolute atomic E-state index is 14.6. The molecule has 6 nitrogen and oxygen atoms in total. The number of benzene rings is 1. The molecule has 30 heavy (non-hydrogen) atoms. The lowest BCUT2D eigenvalue weighted by Gasteiger charge is -2.58. The first-order valence-electron chi connectivity index (χ1n) is 9.94. The number of amides is 1. The number of halogens is 2. The van der Waals surface area contributed by atoms with E-state index in [0.717, 1.165) is 37.8 Å². The van der Waals surface area contributed by atoms with Gasteiger partial charge in [-0.25, -0.2) is 13.8 Å². The Balaban J connectivity index is 1.69. The number of carbonyl (C=O) groups excluding carboxylic acids is 1. The molecule has 0 atom stereocenters. The molecule has 8 heteroatoms. The van der Waals surface area contributed by atoms with Crippen LogP contribution < -0.4 is 16.1 Å². The highest BCUT2D eigenvalue weighted by Crippen LogP contribution is 2.53. The predicted octanol–water partition coefficient (Wildman–Crippen LogP) is 3.38. The summed E-state index contributed by atoms with van der Waals surface area (Å²) in [4.78, 5) is 30.5. The Morgan fingerprint density at radius 3 is 2.57 bits per heavy atom. The number of rotatable bonds is 4. The Labute approximate surface area is 170 Å². The SMILES string of the molecule is CNc1ccc2c(=O)c(C(=O)NC34CCC3CC4)cn(-c3ccc(F)cc3F)c2n1. The summed E-state index contributed by atoms with van der Waals surface area (Å²) >= 11 is 0. The van der Waals surface area contributed by atoms with E-state index in [1.807, 2.05) is 0 Å². The van der Waals surface area contributed by atoms with Gasteiger partial charge in [0.25, 0.3) is 5.91 Å². The van der Waals surface area contributed by atoms with Crippen molar-refractivity contribution >= 4 is 22.8 Å². The average molecular weight is 410 g/mol. The second-order valence-electron chi connectivity index (χ2n) is 8.04. The Morgan fingerprint density at radius 2 is 1.97 bits per heavy atom. The van der Waals surface area contributed by atoms with Gasteiger partial charge >= 0.3 is 0 Å². The summed E-state index contributed by atoms with van der Waals surface area (Å²) < 4.78 is 29.4. The number of anilines is 1. The molecule has 2 aliphatic carbocycles. The van der Waals surface area contributed by atoms with Crippen molar-refractivity contribution in [1.82, 2.24) is 14.9 Å². The van der Waals surface area contributed by atoms with Crippen LogP contribution in [0.2, 0.25) is 0 Å². The Bertz CT molecular complexity index is 1250. The summed E-state index contributed by atoms with van der Waals surface area (Å²) in [5.41, 5.74) is -0.587. The normalized spacial score (nSPS) is 22.0. The summed E-state index contributed by atoms with van der Waals surface area (Å²) in [6.45, 7) is 0. The van der Waals surface area contributed by atoms with Gasteiger partial charge < -0.3 is 10.6 Å². The van der Waals surface area contributed by atoms with Crippen LogP contribution >= 0.6 is 0 Å². The zero-order valence-corrected chi connectivity index (χ0v) is 16.3. The largest absolute Gasteiger partial charge is 0.373 e. The zero-order valence-electron chi connectivity index (χ0n) is 16.3. The molecule has 2 N–H and O–H groups in total. The minimum absolute atomic E-state index is 0.000434.